The van der Waals surface area contributed by atoms with E-state index in [0.29, 0.717) is 19.5 Å². The van der Waals surface area contributed by atoms with E-state index in [9.17, 15) is 4.79 Å². The monoisotopic (exact) mass is 285 g/mol. The first-order valence-electron chi connectivity index (χ1n) is 7.00. The molecular weight excluding hydrogens is 262 g/mol. The van der Waals surface area contributed by atoms with E-state index in [1.807, 2.05) is 35.2 Å². The number of rotatable bonds is 10. The maximum absolute atomic E-state index is 12.3. The highest BCUT2D eigenvalue weighted by Crippen LogP contribution is 2.11. The van der Waals surface area contributed by atoms with Gasteiger partial charge in [0.1, 0.15) is 12.6 Å². The molecule has 0 aromatic heterocycles. The second-order valence-corrected chi connectivity index (χ2v) is 4.66. The van der Waals surface area contributed by atoms with Gasteiger partial charge in [0, 0.05) is 13.1 Å². The topological polar surface area (TPSA) is 29.5 Å². The van der Waals surface area contributed by atoms with Gasteiger partial charge in [-0.3, -0.25) is 9.69 Å². The molecule has 0 heterocycles. The normalized spacial score (nSPS) is 11.7. The van der Waals surface area contributed by atoms with Gasteiger partial charge in [-0.25, -0.2) is 0 Å². The van der Waals surface area contributed by atoms with E-state index in [0.717, 1.165) is 5.56 Å². The Labute approximate surface area is 127 Å². The number of hydrogen-bond donors (Lipinski definition) is 0. The van der Waals surface area contributed by atoms with E-state index < -0.39 is 0 Å². The molecule has 112 valence electrons. The molecule has 0 saturated heterocycles. The van der Waals surface area contributed by atoms with E-state index in [1.165, 1.54) is 0 Å². The fourth-order valence-corrected chi connectivity index (χ4v) is 2.10. The highest BCUT2D eigenvalue weighted by Gasteiger charge is 2.26. The van der Waals surface area contributed by atoms with Gasteiger partial charge < -0.3 is 4.74 Å². The van der Waals surface area contributed by atoms with Gasteiger partial charge in [-0.15, -0.1) is 13.2 Å². The molecule has 0 saturated carbocycles. The van der Waals surface area contributed by atoms with Crippen LogP contribution in [-0.2, 0) is 16.0 Å². The zero-order valence-electron chi connectivity index (χ0n) is 12.4. The Morgan fingerprint density at radius 2 is 1.71 bits per heavy atom. The van der Waals surface area contributed by atoms with Crippen LogP contribution in [0.3, 0.4) is 0 Å². The molecule has 0 spiro atoms. The maximum atomic E-state index is 12.3. The molecule has 0 aliphatic heterocycles. The Kier molecular flexibility index (Phi) is 7.84. The van der Waals surface area contributed by atoms with E-state index in [4.69, 9.17) is 4.74 Å². The van der Waals surface area contributed by atoms with Gasteiger partial charge in [-0.2, -0.15) is 0 Å². The van der Waals surface area contributed by atoms with Gasteiger partial charge in [-0.05, 0) is 12.0 Å². The number of nitrogens with zero attached hydrogens (tertiary/aromatic N) is 1. The molecule has 0 radical (unpaired) electrons. The standard InChI is InChI=1S/C18H23NO2/c1-4-12-19(13-5-2)17(18(20)21-14-6-3)15-16-10-8-7-9-11-16/h4-11,17H,1-3,12-15H2. The average molecular weight is 285 g/mol. The van der Waals surface area contributed by atoms with Crippen LogP contribution < -0.4 is 0 Å². The van der Waals surface area contributed by atoms with E-state index in [-0.39, 0.29) is 18.6 Å². The van der Waals surface area contributed by atoms with Gasteiger partial charge in [0.2, 0.25) is 0 Å². The maximum Gasteiger partial charge on any atom is 0.324 e. The molecule has 0 aliphatic rings. The van der Waals surface area contributed by atoms with Gasteiger partial charge >= 0.3 is 5.97 Å². The van der Waals surface area contributed by atoms with Crippen molar-refractivity contribution in [1.29, 1.82) is 0 Å². The van der Waals surface area contributed by atoms with Crippen molar-refractivity contribution in [2.75, 3.05) is 19.7 Å². The SMILES string of the molecule is C=CCOC(=O)C(Cc1ccccc1)N(CC=C)CC=C. The Bertz CT molecular complexity index is 457. The van der Waals surface area contributed by atoms with Crippen LogP contribution in [0.5, 0.6) is 0 Å². The predicted octanol–water partition coefficient (Wildman–Crippen LogP) is 3.00. The van der Waals surface area contributed by atoms with E-state index in [2.05, 4.69) is 19.7 Å². The minimum absolute atomic E-state index is 0.222. The van der Waals surface area contributed by atoms with Gasteiger partial charge in [0.05, 0.1) is 0 Å². The molecule has 0 amide bonds. The van der Waals surface area contributed by atoms with Crippen molar-refractivity contribution in [1.82, 2.24) is 4.90 Å². The molecule has 1 aromatic carbocycles. The third-order valence-electron chi connectivity index (χ3n) is 3.06. The number of carbonyl (C=O) groups excluding carboxylic acids is 1. The highest BCUT2D eigenvalue weighted by molar-refractivity contribution is 5.76. The number of hydrogen-bond acceptors (Lipinski definition) is 3. The Hall–Kier alpha value is -2.13. The third-order valence-corrected chi connectivity index (χ3v) is 3.06. The molecule has 1 rings (SSSR count). The summed E-state index contributed by atoms with van der Waals surface area (Å²) in [5, 5.41) is 0. The lowest BCUT2D eigenvalue weighted by Gasteiger charge is -2.28. The molecule has 0 N–H and O–H groups in total. The molecule has 1 atom stereocenters. The largest absolute Gasteiger partial charge is 0.460 e. The van der Waals surface area contributed by atoms with Crippen LogP contribution in [0.25, 0.3) is 0 Å². The molecule has 21 heavy (non-hydrogen) atoms. The Morgan fingerprint density at radius 3 is 2.24 bits per heavy atom. The molecule has 3 heteroatoms. The summed E-state index contributed by atoms with van der Waals surface area (Å²) in [7, 11) is 0. The van der Waals surface area contributed by atoms with Gasteiger partial charge in [-0.1, -0.05) is 55.1 Å². The van der Waals surface area contributed by atoms with Crippen LogP contribution in [0.15, 0.2) is 68.3 Å². The predicted molar refractivity (Wildman–Crippen MR) is 87.1 cm³/mol. The lowest BCUT2D eigenvalue weighted by atomic mass is 10.0. The highest BCUT2D eigenvalue weighted by atomic mass is 16.5. The minimum atomic E-state index is -0.358. The fourth-order valence-electron chi connectivity index (χ4n) is 2.10. The summed E-state index contributed by atoms with van der Waals surface area (Å²) in [6, 6.07) is 9.55. The van der Waals surface area contributed by atoms with Crippen molar-refractivity contribution in [3.05, 3.63) is 73.9 Å². The van der Waals surface area contributed by atoms with Crippen molar-refractivity contribution in [2.24, 2.45) is 0 Å². The molecular formula is C18H23NO2. The molecule has 0 bridgehead atoms. The van der Waals surface area contributed by atoms with Gasteiger partial charge in [0.25, 0.3) is 0 Å². The zero-order valence-corrected chi connectivity index (χ0v) is 12.4. The first-order chi connectivity index (χ1) is 10.2. The smallest absolute Gasteiger partial charge is 0.324 e. The van der Waals surface area contributed by atoms with Gasteiger partial charge in [0.15, 0.2) is 0 Å². The summed E-state index contributed by atoms with van der Waals surface area (Å²) in [5.41, 5.74) is 1.09. The van der Waals surface area contributed by atoms with Crippen molar-refractivity contribution in [3.8, 4) is 0 Å². The summed E-state index contributed by atoms with van der Waals surface area (Å²) >= 11 is 0. The summed E-state index contributed by atoms with van der Waals surface area (Å²) in [4.78, 5) is 14.3. The quantitative estimate of drug-likeness (QED) is 0.489. The number of benzene rings is 1. The lowest BCUT2D eigenvalue weighted by Crippen LogP contribution is -2.44. The first-order valence-corrected chi connectivity index (χ1v) is 7.00. The van der Waals surface area contributed by atoms with E-state index >= 15 is 0 Å². The molecule has 0 fully saturated rings. The molecule has 0 aliphatic carbocycles. The second-order valence-electron chi connectivity index (χ2n) is 4.66. The lowest BCUT2D eigenvalue weighted by molar-refractivity contribution is -0.148. The van der Waals surface area contributed by atoms with Crippen LogP contribution in [0, 0.1) is 0 Å². The summed E-state index contributed by atoms with van der Waals surface area (Å²) in [6.45, 7) is 12.5. The summed E-state index contributed by atoms with van der Waals surface area (Å²) in [6.07, 6.45) is 5.73. The Morgan fingerprint density at radius 1 is 1.10 bits per heavy atom. The number of esters is 1. The second kappa shape index (κ2) is 9.72. The van der Waals surface area contributed by atoms with Crippen LogP contribution in [0.1, 0.15) is 5.56 Å². The summed E-state index contributed by atoms with van der Waals surface area (Å²) < 4.78 is 5.23. The zero-order chi connectivity index (χ0) is 15.5. The van der Waals surface area contributed by atoms with E-state index in [1.54, 1.807) is 18.2 Å². The van der Waals surface area contributed by atoms with Crippen molar-refractivity contribution >= 4 is 5.97 Å². The van der Waals surface area contributed by atoms with Crippen LogP contribution in [-0.4, -0.2) is 36.6 Å². The number of carbonyl (C=O) groups is 1. The third kappa shape index (κ3) is 5.79. The molecule has 1 unspecified atom stereocenters. The van der Waals surface area contributed by atoms with Crippen LogP contribution in [0.4, 0.5) is 0 Å². The minimum Gasteiger partial charge on any atom is -0.460 e. The fraction of sp³-hybridized carbons (Fsp3) is 0.278. The molecule has 3 nitrogen and oxygen atoms in total. The Balaban J connectivity index is 2.90. The van der Waals surface area contributed by atoms with Crippen molar-refractivity contribution in [3.63, 3.8) is 0 Å². The van der Waals surface area contributed by atoms with Crippen LogP contribution in [0.2, 0.25) is 0 Å². The van der Waals surface area contributed by atoms with Crippen molar-refractivity contribution in [2.45, 2.75) is 12.5 Å². The average Bonchev–Trinajstić information content (AvgIpc) is 2.51. The number of ether oxygens (including phenoxy) is 1. The first kappa shape index (κ1) is 16.9. The van der Waals surface area contributed by atoms with Crippen LogP contribution >= 0.6 is 0 Å². The van der Waals surface area contributed by atoms with Crippen molar-refractivity contribution < 1.29 is 9.53 Å². The molecule has 1 aromatic rings. The summed E-state index contributed by atoms with van der Waals surface area (Å²) in [5.74, 6) is -0.248.